The van der Waals surface area contributed by atoms with Gasteiger partial charge in [-0.3, -0.25) is 4.79 Å². The Kier molecular flexibility index (Phi) is 10.2. The number of amides is 1. The molecule has 0 aliphatic carbocycles. The summed E-state index contributed by atoms with van der Waals surface area (Å²) in [6.45, 7) is 3.42. The second-order valence-corrected chi connectivity index (χ2v) is 8.32. The van der Waals surface area contributed by atoms with Gasteiger partial charge in [0.25, 0.3) is 0 Å². The van der Waals surface area contributed by atoms with Crippen LogP contribution in [0.3, 0.4) is 0 Å². The zero-order valence-corrected chi connectivity index (χ0v) is 20.2. The largest absolute Gasteiger partial charge is 0.467 e. The van der Waals surface area contributed by atoms with Crippen LogP contribution in [0.15, 0.2) is 60.7 Å². The molecule has 2 aromatic rings. The van der Waals surface area contributed by atoms with E-state index in [1.54, 1.807) is 0 Å². The lowest BCUT2D eigenvalue weighted by Crippen LogP contribution is -2.66. The van der Waals surface area contributed by atoms with Crippen LogP contribution in [0.2, 0.25) is 0 Å². The predicted octanol–water partition coefficient (Wildman–Crippen LogP) is 1.96. The van der Waals surface area contributed by atoms with E-state index in [0.29, 0.717) is 6.61 Å². The number of carbonyl (C=O) groups excluding carboxylic acids is 2. The van der Waals surface area contributed by atoms with Crippen molar-refractivity contribution in [2.24, 2.45) is 0 Å². The summed E-state index contributed by atoms with van der Waals surface area (Å²) >= 11 is 0. The highest BCUT2D eigenvalue weighted by molar-refractivity contribution is 5.74. The molecule has 1 aliphatic rings. The third-order valence-electron chi connectivity index (χ3n) is 5.59. The van der Waals surface area contributed by atoms with Gasteiger partial charge < -0.3 is 34.1 Å². The van der Waals surface area contributed by atoms with E-state index in [1.165, 1.54) is 21.0 Å². The van der Waals surface area contributed by atoms with E-state index in [4.69, 9.17) is 23.7 Å². The van der Waals surface area contributed by atoms with Gasteiger partial charge in [-0.05, 0) is 18.1 Å². The first-order valence-corrected chi connectivity index (χ1v) is 11.5. The number of methoxy groups -OCH3 is 1. The van der Waals surface area contributed by atoms with Gasteiger partial charge in [-0.25, -0.2) is 4.79 Å². The Hall–Kier alpha value is -2.82. The number of esters is 1. The molecule has 0 saturated carbocycles. The van der Waals surface area contributed by atoms with Crippen molar-refractivity contribution in [2.75, 3.05) is 13.7 Å². The molecule has 1 fully saturated rings. The highest BCUT2D eigenvalue weighted by atomic mass is 16.7. The average molecular weight is 488 g/mol. The number of aliphatic hydroxyl groups is 1. The molecule has 5 unspecified atom stereocenters. The summed E-state index contributed by atoms with van der Waals surface area (Å²) in [5.41, 5.74) is 1.87. The van der Waals surface area contributed by atoms with Crippen molar-refractivity contribution in [2.45, 2.75) is 63.8 Å². The zero-order valence-electron chi connectivity index (χ0n) is 20.2. The smallest absolute Gasteiger partial charge is 0.334 e. The Morgan fingerprint density at radius 3 is 2.20 bits per heavy atom. The lowest BCUT2D eigenvalue weighted by atomic mass is 9.96. The van der Waals surface area contributed by atoms with E-state index < -0.39 is 42.7 Å². The van der Waals surface area contributed by atoms with E-state index in [9.17, 15) is 14.7 Å². The molecule has 2 N–H and O–H groups in total. The topological polar surface area (TPSA) is 113 Å². The number of aliphatic hydroxyl groups excluding tert-OH is 1. The van der Waals surface area contributed by atoms with Crippen LogP contribution in [0.25, 0.3) is 0 Å². The Bertz CT molecular complexity index is 925. The summed E-state index contributed by atoms with van der Waals surface area (Å²) in [6, 6.07) is 18.2. The molecule has 3 rings (SSSR count). The van der Waals surface area contributed by atoms with Crippen LogP contribution >= 0.6 is 0 Å². The van der Waals surface area contributed by atoms with E-state index in [-0.39, 0.29) is 19.1 Å². The predicted molar refractivity (Wildman–Crippen MR) is 126 cm³/mol. The molecule has 9 nitrogen and oxygen atoms in total. The van der Waals surface area contributed by atoms with Gasteiger partial charge in [0, 0.05) is 6.92 Å². The monoisotopic (exact) mass is 487 g/mol. The number of rotatable bonds is 11. The third kappa shape index (κ3) is 7.84. The van der Waals surface area contributed by atoms with Gasteiger partial charge in [0.15, 0.2) is 12.4 Å². The van der Waals surface area contributed by atoms with E-state index >= 15 is 0 Å². The van der Waals surface area contributed by atoms with E-state index in [2.05, 4.69) is 5.32 Å². The quantitative estimate of drug-likeness (QED) is 0.463. The molecule has 0 spiro atoms. The minimum absolute atomic E-state index is 0.0422. The second kappa shape index (κ2) is 13.3. The highest BCUT2D eigenvalue weighted by Crippen LogP contribution is 2.27. The first-order valence-electron chi connectivity index (χ1n) is 11.5. The molecule has 1 heterocycles. The first-order chi connectivity index (χ1) is 16.9. The van der Waals surface area contributed by atoms with Crippen molar-refractivity contribution < 1.29 is 38.4 Å². The molecule has 190 valence electrons. The summed E-state index contributed by atoms with van der Waals surface area (Å²) in [5.74, 6) is -0.971. The molecular weight excluding hydrogens is 454 g/mol. The fraction of sp³-hybridized carbons (Fsp3) is 0.462. The summed E-state index contributed by atoms with van der Waals surface area (Å²) in [5, 5.41) is 13.9. The first kappa shape index (κ1) is 26.8. The van der Waals surface area contributed by atoms with Gasteiger partial charge in [-0.15, -0.1) is 0 Å². The Morgan fingerprint density at radius 1 is 1.03 bits per heavy atom. The Balaban J connectivity index is 1.78. The molecule has 1 saturated heterocycles. The second-order valence-electron chi connectivity index (χ2n) is 8.32. The minimum Gasteiger partial charge on any atom is -0.467 e. The normalized spacial score (nSPS) is 25.0. The molecule has 2 aromatic carbocycles. The van der Waals surface area contributed by atoms with Crippen LogP contribution < -0.4 is 5.32 Å². The van der Waals surface area contributed by atoms with Crippen molar-refractivity contribution in [3.05, 3.63) is 71.8 Å². The number of carbonyl (C=O) groups is 2. The summed E-state index contributed by atoms with van der Waals surface area (Å²) in [4.78, 5) is 24.0. The average Bonchev–Trinajstić information content (AvgIpc) is 2.87. The van der Waals surface area contributed by atoms with Crippen molar-refractivity contribution in [1.82, 2.24) is 5.32 Å². The SMILES string of the molecule is COC(=O)[C@H](C)OC1C(O)C(COCc2ccccc2)OC(OCc2ccccc2)C1NC(C)=O. The van der Waals surface area contributed by atoms with Crippen LogP contribution in [0.5, 0.6) is 0 Å². The summed E-state index contributed by atoms with van der Waals surface area (Å²) < 4.78 is 28.5. The molecule has 6 atom stereocenters. The van der Waals surface area contributed by atoms with Crippen molar-refractivity contribution in [1.29, 1.82) is 0 Å². The fourth-order valence-electron chi connectivity index (χ4n) is 3.82. The van der Waals surface area contributed by atoms with Crippen LogP contribution in [0.1, 0.15) is 25.0 Å². The molecule has 0 radical (unpaired) electrons. The fourth-order valence-corrected chi connectivity index (χ4v) is 3.82. The maximum absolute atomic E-state index is 12.0. The molecule has 35 heavy (non-hydrogen) atoms. The molecule has 0 bridgehead atoms. The van der Waals surface area contributed by atoms with Crippen molar-refractivity contribution >= 4 is 11.9 Å². The maximum Gasteiger partial charge on any atom is 0.334 e. The van der Waals surface area contributed by atoms with Gasteiger partial charge in [0.1, 0.15) is 24.4 Å². The van der Waals surface area contributed by atoms with Gasteiger partial charge in [0.2, 0.25) is 5.91 Å². The van der Waals surface area contributed by atoms with Gasteiger partial charge >= 0.3 is 5.97 Å². The summed E-state index contributed by atoms with van der Waals surface area (Å²) in [7, 11) is 1.25. The minimum atomic E-state index is -1.22. The van der Waals surface area contributed by atoms with Crippen LogP contribution in [0, 0.1) is 0 Å². The van der Waals surface area contributed by atoms with E-state index in [1.807, 2.05) is 60.7 Å². The van der Waals surface area contributed by atoms with Gasteiger partial charge in [0.05, 0.1) is 26.9 Å². The Morgan fingerprint density at radius 2 is 1.63 bits per heavy atom. The number of benzene rings is 2. The lowest BCUT2D eigenvalue weighted by Gasteiger charge is -2.45. The Labute approximate surface area is 205 Å². The van der Waals surface area contributed by atoms with Crippen molar-refractivity contribution in [3.8, 4) is 0 Å². The number of nitrogens with one attached hydrogen (secondary N) is 1. The number of hydrogen-bond donors (Lipinski definition) is 2. The maximum atomic E-state index is 12.0. The highest BCUT2D eigenvalue weighted by Gasteiger charge is 2.48. The standard InChI is InChI=1S/C26H33NO8/c1-17(25(30)31-3)34-24-22(27-18(2)28)26(33-15-20-12-8-5-9-13-20)35-21(23(24)29)16-32-14-19-10-6-4-7-11-19/h4-13,17,21-24,26,29H,14-16H2,1-3H3,(H,27,28)/t17-,21?,22?,23?,24?,26?/m0/s1. The molecular formula is C26H33NO8. The lowest BCUT2D eigenvalue weighted by molar-refractivity contribution is -0.286. The van der Waals surface area contributed by atoms with Gasteiger partial charge in [-0.2, -0.15) is 0 Å². The zero-order chi connectivity index (χ0) is 25.2. The van der Waals surface area contributed by atoms with Crippen LogP contribution in [-0.2, 0) is 46.5 Å². The molecule has 1 aliphatic heterocycles. The molecule has 1 amide bonds. The number of ether oxygens (including phenoxy) is 5. The summed E-state index contributed by atoms with van der Waals surface area (Å²) in [6.07, 6.45) is -5.03. The number of hydrogen-bond acceptors (Lipinski definition) is 8. The van der Waals surface area contributed by atoms with E-state index in [0.717, 1.165) is 11.1 Å². The van der Waals surface area contributed by atoms with Gasteiger partial charge in [-0.1, -0.05) is 60.7 Å². The van der Waals surface area contributed by atoms with Crippen molar-refractivity contribution in [3.63, 3.8) is 0 Å². The molecule has 9 heteroatoms. The third-order valence-corrected chi connectivity index (χ3v) is 5.59. The van der Waals surface area contributed by atoms with Crippen LogP contribution in [0.4, 0.5) is 0 Å². The van der Waals surface area contributed by atoms with Crippen LogP contribution in [-0.4, -0.2) is 67.4 Å². The molecule has 0 aromatic heterocycles.